The second-order valence-electron chi connectivity index (χ2n) is 3.86. The minimum atomic E-state index is 0.0326. The normalized spacial score (nSPS) is 10.4. The van der Waals surface area contributed by atoms with Crippen molar-refractivity contribution in [1.82, 2.24) is 0 Å². The second-order valence-corrected chi connectivity index (χ2v) is 4.90. The van der Waals surface area contributed by atoms with Gasteiger partial charge in [0.2, 0.25) is 0 Å². The first kappa shape index (κ1) is 12.0. The molecule has 2 rings (SSSR count). The Hall–Kier alpha value is -1.45. The molecule has 0 fully saturated rings. The maximum absolute atomic E-state index is 11.8. The quantitative estimate of drug-likeness (QED) is 0.755. The molecule has 1 heterocycles. The van der Waals surface area contributed by atoms with Gasteiger partial charge < -0.3 is 4.74 Å². The molecule has 0 saturated carbocycles. The molecule has 17 heavy (non-hydrogen) atoms. The molecule has 0 aliphatic rings. The molecule has 0 radical (unpaired) electrons. The van der Waals surface area contributed by atoms with Gasteiger partial charge in [0.25, 0.3) is 0 Å². The number of carbonyl (C=O) groups excluding carboxylic acids is 1. The fourth-order valence-electron chi connectivity index (χ4n) is 1.54. The van der Waals surface area contributed by atoms with Crippen LogP contribution in [-0.4, -0.2) is 12.4 Å². The number of benzene rings is 1. The van der Waals surface area contributed by atoms with E-state index >= 15 is 0 Å². The zero-order valence-electron chi connectivity index (χ0n) is 9.68. The lowest BCUT2D eigenvalue weighted by Gasteiger charge is -2.03. The Balaban J connectivity index is 1.85. The molecule has 0 unspecified atom stereocenters. The van der Waals surface area contributed by atoms with Gasteiger partial charge in [-0.25, -0.2) is 0 Å². The molecule has 1 aromatic heterocycles. The number of ketones is 1. The highest BCUT2D eigenvalue weighted by Gasteiger charge is 2.06. The summed E-state index contributed by atoms with van der Waals surface area (Å²) in [6.07, 6.45) is 0. The summed E-state index contributed by atoms with van der Waals surface area (Å²) in [7, 11) is 0. The van der Waals surface area contributed by atoms with Gasteiger partial charge in [-0.2, -0.15) is 0 Å². The Labute approximate surface area is 105 Å². The summed E-state index contributed by atoms with van der Waals surface area (Å²) in [6.45, 7) is 2.62. The molecule has 0 spiro atoms. The molecular weight excluding hydrogens is 232 g/mol. The molecule has 0 atom stereocenters. The molecule has 2 aromatic rings. The van der Waals surface area contributed by atoms with Crippen LogP contribution in [0.2, 0.25) is 0 Å². The maximum Gasteiger partial charge on any atom is 0.188 e. The van der Waals surface area contributed by atoms with Gasteiger partial charge in [0, 0.05) is 10.4 Å². The van der Waals surface area contributed by atoms with Crippen molar-refractivity contribution in [3.05, 3.63) is 57.8 Å². The van der Waals surface area contributed by atoms with Crippen LogP contribution in [0.15, 0.2) is 41.8 Å². The smallest absolute Gasteiger partial charge is 0.188 e. The van der Waals surface area contributed by atoms with Gasteiger partial charge in [-0.3, -0.25) is 4.79 Å². The van der Waals surface area contributed by atoms with Gasteiger partial charge in [0.1, 0.15) is 6.61 Å². The van der Waals surface area contributed by atoms with Crippen LogP contribution < -0.4 is 0 Å². The molecule has 3 heteroatoms. The van der Waals surface area contributed by atoms with Crippen LogP contribution >= 0.6 is 11.3 Å². The van der Waals surface area contributed by atoms with Crippen LogP contribution in [0, 0.1) is 6.92 Å². The zero-order valence-corrected chi connectivity index (χ0v) is 10.5. The molecule has 0 amide bonds. The lowest BCUT2D eigenvalue weighted by atomic mass is 10.1. The lowest BCUT2D eigenvalue weighted by Crippen LogP contribution is -2.08. The van der Waals surface area contributed by atoms with Crippen LogP contribution in [0.5, 0.6) is 0 Å². The fourth-order valence-corrected chi connectivity index (χ4v) is 2.18. The van der Waals surface area contributed by atoms with E-state index in [2.05, 4.69) is 0 Å². The second kappa shape index (κ2) is 5.75. The van der Waals surface area contributed by atoms with Gasteiger partial charge in [-0.15, -0.1) is 11.3 Å². The van der Waals surface area contributed by atoms with Gasteiger partial charge in [-0.1, -0.05) is 29.8 Å². The first-order valence-corrected chi connectivity index (χ1v) is 6.33. The van der Waals surface area contributed by atoms with E-state index in [0.717, 1.165) is 16.0 Å². The third-order valence-electron chi connectivity index (χ3n) is 2.40. The van der Waals surface area contributed by atoms with Crippen molar-refractivity contribution in [2.75, 3.05) is 6.61 Å². The van der Waals surface area contributed by atoms with E-state index in [-0.39, 0.29) is 12.4 Å². The number of hydrogen-bond donors (Lipinski definition) is 0. The van der Waals surface area contributed by atoms with Crippen molar-refractivity contribution in [2.45, 2.75) is 13.5 Å². The monoisotopic (exact) mass is 246 g/mol. The Morgan fingerprint density at radius 1 is 1.29 bits per heavy atom. The zero-order chi connectivity index (χ0) is 12.1. The van der Waals surface area contributed by atoms with Crippen molar-refractivity contribution in [3.8, 4) is 0 Å². The van der Waals surface area contributed by atoms with E-state index in [9.17, 15) is 4.79 Å². The summed E-state index contributed by atoms with van der Waals surface area (Å²) in [5, 5.41) is 2.00. The Morgan fingerprint density at radius 2 is 2.18 bits per heavy atom. The van der Waals surface area contributed by atoms with Crippen molar-refractivity contribution in [2.24, 2.45) is 0 Å². The number of ether oxygens (including phenoxy) is 1. The van der Waals surface area contributed by atoms with Crippen LogP contribution in [-0.2, 0) is 11.3 Å². The number of rotatable bonds is 5. The minimum absolute atomic E-state index is 0.0326. The van der Waals surface area contributed by atoms with Crippen LogP contribution in [0.1, 0.15) is 20.8 Å². The molecular formula is C14H14O2S. The summed E-state index contributed by atoms with van der Waals surface area (Å²) >= 11 is 1.64. The molecule has 0 saturated heterocycles. The van der Waals surface area contributed by atoms with Gasteiger partial charge in [0.15, 0.2) is 5.78 Å². The molecule has 0 aliphatic carbocycles. The lowest BCUT2D eigenvalue weighted by molar-refractivity contribution is 0.0731. The molecule has 0 bridgehead atoms. The van der Waals surface area contributed by atoms with E-state index < -0.39 is 0 Å². The maximum atomic E-state index is 11.8. The van der Waals surface area contributed by atoms with Crippen LogP contribution in [0.3, 0.4) is 0 Å². The molecule has 2 nitrogen and oxygen atoms in total. The highest BCUT2D eigenvalue weighted by atomic mass is 32.1. The first-order valence-electron chi connectivity index (χ1n) is 5.46. The molecule has 88 valence electrons. The minimum Gasteiger partial charge on any atom is -0.368 e. The SMILES string of the molecule is Cc1cccc(C(=O)COCc2cccs2)c1. The van der Waals surface area contributed by atoms with Crippen molar-refractivity contribution in [1.29, 1.82) is 0 Å². The fraction of sp³-hybridized carbons (Fsp3) is 0.214. The number of hydrogen-bond acceptors (Lipinski definition) is 3. The van der Waals surface area contributed by atoms with Gasteiger partial charge in [-0.05, 0) is 24.4 Å². The average molecular weight is 246 g/mol. The van der Waals surface area contributed by atoms with Crippen LogP contribution in [0.25, 0.3) is 0 Å². The van der Waals surface area contributed by atoms with E-state index in [1.54, 1.807) is 11.3 Å². The number of aryl methyl sites for hydroxylation is 1. The number of Topliss-reactive ketones (excluding diaryl/α,β-unsaturated/α-hetero) is 1. The number of thiophene rings is 1. The summed E-state index contributed by atoms with van der Waals surface area (Å²) < 4.78 is 5.39. The largest absolute Gasteiger partial charge is 0.368 e. The van der Waals surface area contributed by atoms with Crippen molar-refractivity contribution < 1.29 is 9.53 Å². The van der Waals surface area contributed by atoms with E-state index in [1.807, 2.05) is 48.7 Å². The highest BCUT2D eigenvalue weighted by Crippen LogP contribution is 2.10. The average Bonchev–Trinajstić information content (AvgIpc) is 2.82. The van der Waals surface area contributed by atoms with E-state index in [4.69, 9.17) is 4.74 Å². The predicted octanol–water partition coefficient (Wildman–Crippen LogP) is 3.46. The van der Waals surface area contributed by atoms with Crippen molar-refractivity contribution >= 4 is 17.1 Å². The van der Waals surface area contributed by atoms with Crippen molar-refractivity contribution in [3.63, 3.8) is 0 Å². The Kier molecular flexibility index (Phi) is 4.07. The van der Waals surface area contributed by atoms with Gasteiger partial charge >= 0.3 is 0 Å². The van der Waals surface area contributed by atoms with E-state index in [0.29, 0.717) is 6.61 Å². The topological polar surface area (TPSA) is 26.3 Å². The standard InChI is InChI=1S/C14H14O2S/c1-11-4-2-5-12(8-11)14(15)10-16-9-13-6-3-7-17-13/h2-8H,9-10H2,1H3. The summed E-state index contributed by atoms with van der Waals surface area (Å²) in [4.78, 5) is 12.9. The summed E-state index contributed by atoms with van der Waals surface area (Å²) in [5.41, 5.74) is 1.81. The molecule has 1 aromatic carbocycles. The highest BCUT2D eigenvalue weighted by molar-refractivity contribution is 7.09. The molecule has 0 N–H and O–H groups in total. The Bertz CT molecular complexity index is 489. The molecule has 0 aliphatic heterocycles. The van der Waals surface area contributed by atoms with E-state index in [1.165, 1.54) is 0 Å². The van der Waals surface area contributed by atoms with Gasteiger partial charge in [0.05, 0.1) is 6.61 Å². The summed E-state index contributed by atoms with van der Waals surface area (Å²) in [5.74, 6) is 0.0326. The van der Waals surface area contributed by atoms with Crippen LogP contribution in [0.4, 0.5) is 0 Å². The first-order chi connectivity index (χ1) is 8.25. The summed E-state index contributed by atoms with van der Waals surface area (Å²) in [6, 6.07) is 11.6. The Morgan fingerprint density at radius 3 is 2.88 bits per heavy atom. The third-order valence-corrected chi connectivity index (χ3v) is 3.25. The number of carbonyl (C=O) groups is 1. The third kappa shape index (κ3) is 3.51. The predicted molar refractivity (Wildman–Crippen MR) is 69.5 cm³/mol.